The average molecular weight is 447 g/mol. The van der Waals surface area contributed by atoms with Crippen molar-refractivity contribution < 1.29 is 14.9 Å². The molecule has 0 amide bonds. The molecule has 0 atom stereocenters. The quantitative estimate of drug-likeness (QED) is 0.0985. The monoisotopic (exact) mass is 448 g/mol. The normalized spacial score (nSPS) is 10.5. The molecule has 0 aliphatic rings. The van der Waals surface area contributed by atoms with E-state index in [0.717, 1.165) is 19.3 Å². The number of rotatable bonds is 15. The van der Waals surface area contributed by atoms with Gasteiger partial charge in [-0.1, -0.05) is 70.4 Å². The molecule has 4 heteroatoms. The van der Waals surface area contributed by atoms with Gasteiger partial charge in [-0.15, -0.1) is 0 Å². The van der Waals surface area contributed by atoms with Crippen LogP contribution in [0.1, 0.15) is 96.8 Å². The Morgan fingerprint density at radius 2 is 1.25 bits per heavy atom. The van der Waals surface area contributed by atoms with Crippen molar-refractivity contribution in [1.82, 2.24) is 0 Å². The van der Waals surface area contributed by atoms with Crippen LogP contribution in [0.3, 0.4) is 0 Å². The van der Waals surface area contributed by atoms with Gasteiger partial charge in [-0.25, -0.2) is 4.79 Å². The third-order valence-electron chi connectivity index (χ3n) is 3.74. The molecule has 0 aliphatic heterocycles. The van der Waals surface area contributed by atoms with Gasteiger partial charge in [0, 0.05) is 6.42 Å². The van der Waals surface area contributed by atoms with Crippen molar-refractivity contribution in [1.29, 1.82) is 0 Å². The van der Waals surface area contributed by atoms with Crippen LogP contribution in [0.4, 0.5) is 0 Å². The summed E-state index contributed by atoms with van der Waals surface area (Å²) < 4.78 is 0. The molecule has 0 aromatic carbocycles. The molecule has 0 rings (SSSR count). The molecule has 0 heterocycles. The van der Waals surface area contributed by atoms with Crippen LogP contribution in [0.2, 0.25) is 9.88 Å². The summed E-state index contributed by atoms with van der Waals surface area (Å²) in [5.74, 6) is -0.521. The maximum atomic E-state index is 10.7. The van der Waals surface area contributed by atoms with Gasteiger partial charge in [0.25, 0.3) is 0 Å². The Morgan fingerprint density at radius 1 is 0.833 bits per heavy atom. The minimum atomic E-state index is -0.521. The van der Waals surface area contributed by atoms with E-state index in [1.807, 2.05) is 0 Å². The van der Waals surface area contributed by atoms with E-state index >= 15 is 0 Å². The topological polar surface area (TPSA) is 46.5 Å². The number of allylic oxidation sites excluding steroid dienone is 2. The maximum absolute atomic E-state index is 10.7. The van der Waals surface area contributed by atoms with E-state index in [0.29, 0.717) is 6.42 Å². The van der Waals surface area contributed by atoms with Crippen LogP contribution >= 0.6 is 0 Å². The minimum absolute atomic E-state index is 0.230. The van der Waals surface area contributed by atoms with Crippen molar-refractivity contribution in [3.05, 3.63) is 12.2 Å². The zero-order valence-electron chi connectivity index (χ0n) is 16.3. The fraction of sp³-hybridized carbons (Fsp3) is 0.850. The van der Waals surface area contributed by atoms with Gasteiger partial charge in [0.2, 0.25) is 0 Å². The molecule has 0 unspecified atom stereocenters. The van der Waals surface area contributed by atoms with Crippen LogP contribution in [0, 0.1) is 0 Å². The Kier molecular flexibility index (Phi) is 27.5. The van der Waals surface area contributed by atoms with E-state index in [9.17, 15) is 4.79 Å². The average Bonchev–Trinajstić information content (AvgIpc) is 2.58. The Hall–Kier alpha value is -0.0313. The van der Waals surface area contributed by atoms with E-state index in [2.05, 4.69) is 33.8 Å². The Bertz CT molecular complexity index is 268. The molecule has 0 saturated heterocycles. The zero-order valence-corrected chi connectivity index (χ0v) is 19.2. The third kappa shape index (κ3) is 26.8. The van der Waals surface area contributed by atoms with Crippen LogP contribution in [0.25, 0.3) is 0 Å². The van der Waals surface area contributed by atoms with Crippen LogP contribution in [0.15, 0.2) is 12.2 Å². The summed E-state index contributed by atoms with van der Waals surface area (Å²) >= 11 is 0.230. The van der Waals surface area contributed by atoms with Crippen LogP contribution in [0.5, 0.6) is 0 Å². The number of hydrogen-bond donors (Lipinski definition) is 1. The molecule has 0 aliphatic carbocycles. The Morgan fingerprint density at radius 3 is 1.71 bits per heavy atom. The molecule has 2 radical (unpaired) electrons. The van der Waals surface area contributed by atoms with Crippen molar-refractivity contribution in [3.8, 4) is 0 Å². The SMILES string of the molecule is CCCCCCCC/C=C\CCCCCCCC(=O)OO.[CH3][Sn][CH3]. The molecule has 24 heavy (non-hydrogen) atoms. The van der Waals surface area contributed by atoms with Crippen molar-refractivity contribution in [2.45, 2.75) is 107 Å². The van der Waals surface area contributed by atoms with E-state index in [-0.39, 0.29) is 21.1 Å². The molecule has 1 N–H and O–H groups in total. The summed E-state index contributed by atoms with van der Waals surface area (Å²) in [5.41, 5.74) is 0. The van der Waals surface area contributed by atoms with Gasteiger partial charge >= 0.3 is 37.0 Å². The first-order valence-corrected chi connectivity index (χ1v) is 15.5. The van der Waals surface area contributed by atoms with Crippen molar-refractivity contribution in [3.63, 3.8) is 0 Å². The number of hydrogen-bond acceptors (Lipinski definition) is 3. The Balaban J connectivity index is 0. The van der Waals surface area contributed by atoms with Gasteiger partial charge < -0.3 is 4.89 Å². The van der Waals surface area contributed by atoms with Crippen LogP contribution in [-0.4, -0.2) is 32.4 Å². The van der Waals surface area contributed by atoms with Crippen molar-refractivity contribution in [2.24, 2.45) is 0 Å². The van der Waals surface area contributed by atoms with Gasteiger partial charge in [0.1, 0.15) is 0 Å². The standard InChI is InChI=1S/C18H34O3.2CH3.Sn/c1-2-3-4-5-6-7-8-9-10-11-12-13-14-15-16-17-18(19)21-20;;;/h9-10,20H,2-8,11-17H2,1H3;2*1H3;/b10-9-;;;. The van der Waals surface area contributed by atoms with E-state index in [1.165, 1.54) is 64.2 Å². The molecule has 142 valence electrons. The summed E-state index contributed by atoms with van der Waals surface area (Å²) in [6.07, 6.45) is 21.1. The molecule has 3 nitrogen and oxygen atoms in total. The molecule has 0 bridgehead atoms. The zero-order chi connectivity index (χ0) is 18.3. The third-order valence-corrected chi connectivity index (χ3v) is 3.74. The van der Waals surface area contributed by atoms with Gasteiger partial charge in [0.15, 0.2) is 0 Å². The number of carbonyl (C=O) groups is 1. The number of unbranched alkanes of at least 4 members (excludes halogenated alkanes) is 11. The molecule has 0 saturated carbocycles. The van der Waals surface area contributed by atoms with E-state index in [1.54, 1.807) is 0 Å². The molecule has 0 aromatic rings. The van der Waals surface area contributed by atoms with Gasteiger partial charge in [-0.3, -0.25) is 0 Å². The van der Waals surface area contributed by atoms with E-state index < -0.39 is 5.97 Å². The molecule has 0 aromatic heterocycles. The molecular formula is C20H40O3Sn. The fourth-order valence-corrected chi connectivity index (χ4v) is 2.39. The summed E-state index contributed by atoms with van der Waals surface area (Å²) in [7, 11) is 0. The van der Waals surface area contributed by atoms with Gasteiger partial charge in [-0.2, -0.15) is 5.26 Å². The second kappa shape index (κ2) is 25.2. The van der Waals surface area contributed by atoms with Gasteiger partial charge in [0.05, 0.1) is 0 Å². The predicted octanol–water partition coefficient (Wildman–Crippen LogP) is 6.83. The van der Waals surface area contributed by atoms with Gasteiger partial charge in [-0.05, 0) is 32.1 Å². The summed E-state index contributed by atoms with van der Waals surface area (Å²) in [4.78, 5) is 18.9. The first-order valence-electron chi connectivity index (χ1n) is 9.80. The van der Waals surface area contributed by atoms with Crippen molar-refractivity contribution in [2.75, 3.05) is 0 Å². The van der Waals surface area contributed by atoms with E-state index in [4.69, 9.17) is 5.26 Å². The van der Waals surface area contributed by atoms with Crippen molar-refractivity contribution >= 4 is 27.1 Å². The summed E-state index contributed by atoms with van der Waals surface area (Å²) in [5, 5.41) is 8.09. The second-order valence-electron chi connectivity index (χ2n) is 6.30. The summed E-state index contributed by atoms with van der Waals surface area (Å²) in [6.45, 7) is 2.26. The molecular weight excluding hydrogens is 407 g/mol. The molecule has 0 fully saturated rings. The first kappa shape index (κ1) is 26.2. The summed E-state index contributed by atoms with van der Waals surface area (Å²) in [6, 6.07) is 0. The van der Waals surface area contributed by atoms with Crippen LogP contribution in [-0.2, 0) is 9.68 Å². The Labute approximate surface area is 160 Å². The predicted molar refractivity (Wildman–Crippen MR) is 106 cm³/mol. The first-order chi connectivity index (χ1) is 11.7. The fourth-order valence-electron chi connectivity index (χ4n) is 2.39. The molecule has 0 spiro atoms. The van der Waals surface area contributed by atoms with Crippen LogP contribution < -0.4 is 0 Å². The number of carbonyl (C=O) groups excluding carboxylic acids is 1. The second-order valence-corrected chi connectivity index (χ2v) is 9.15.